The van der Waals surface area contributed by atoms with Gasteiger partial charge in [0.15, 0.2) is 5.76 Å². The van der Waals surface area contributed by atoms with Gasteiger partial charge in [0.25, 0.3) is 0 Å². The summed E-state index contributed by atoms with van der Waals surface area (Å²) in [5.41, 5.74) is 4.45. The van der Waals surface area contributed by atoms with Crippen LogP contribution in [0, 0.1) is 17.2 Å². The van der Waals surface area contributed by atoms with Gasteiger partial charge in [0.05, 0.1) is 16.7 Å². The van der Waals surface area contributed by atoms with Crippen LogP contribution in [0.5, 0.6) is 0 Å². The van der Waals surface area contributed by atoms with Gasteiger partial charge < -0.3 is 20.1 Å². The Kier molecular flexibility index (Phi) is 5.97. The van der Waals surface area contributed by atoms with E-state index in [9.17, 15) is 5.26 Å². The number of hydrogen-bond donors (Lipinski definition) is 2. The van der Waals surface area contributed by atoms with E-state index in [0.717, 1.165) is 97.4 Å². The van der Waals surface area contributed by atoms with Crippen molar-refractivity contribution in [1.29, 1.82) is 5.26 Å². The smallest absolute Gasteiger partial charge is 0.226 e. The highest BCUT2D eigenvalue weighted by molar-refractivity contribution is 7.16. The van der Waals surface area contributed by atoms with Crippen molar-refractivity contribution >= 4 is 22.3 Å². The summed E-state index contributed by atoms with van der Waals surface area (Å²) < 4.78 is 6.25. The Morgan fingerprint density at radius 2 is 2.22 bits per heavy atom. The van der Waals surface area contributed by atoms with E-state index >= 15 is 0 Å². The number of anilines is 2. The molecule has 188 valence electrons. The van der Waals surface area contributed by atoms with Gasteiger partial charge in [-0.05, 0) is 69.5 Å². The molecule has 3 aromatic rings. The first-order valence-electron chi connectivity index (χ1n) is 13.1. The van der Waals surface area contributed by atoms with Gasteiger partial charge in [0.1, 0.15) is 16.8 Å². The molecule has 9 heteroatoms. The summed E-state index contributed by atoms with van der Waals surface area (Å²) in [4.78, 5) is 13.2. The van der Waals surface area contributed by atoms with Crippen molar-refractivity contribution < 1.29 is 4.52 Å². The number of nitrogens with one attached hydrogen (secondary N) is 2. The minimum Gasteiger partial charge on any atom is -0.379 e. The summed E-state index contributed by atoms with van der Waals surface area (Å²) in [7, 11) is 1.90. The Morgan fingerprint density at radius 1 is 1.33 bits per heavy atom. The number of aromatic nitrogens is 3. The zero-order chi connectivity index (χ0) is 24.9. The molecule has 0 saturated carbocycles. The molecule has 3 atom stereocenters. The molecule has 2 N–H and O–H groups in total. The number of nitrogens with zero attached hydrogens (tertiary/aromatic N) is 5. The Balaban J connectivity index is 1.46. The average molecular weight is 504 g/mol. The summed E-state index contributed by atoms with van der Waals surface area (Å²) in [6.45, 7) is 7.39. The molecule has 1 spiro atoms. The monoisotopic (exact) mass is 503 g/mol. The average Bonchev–Trinajstić information content (AvgIpc) is 3.41. The van der Waals surface area contributed by atoms with E-state index in [-0.39, 0.29) is 5.41 Å². The van der Waals surface area contributed by atoms with Gasteiger partial charge in [0, 0.05) is 42.8 Å². The summed E-state index contributed by atoms with van der Waals surface area (Å²) in [6.07, 6.45) is 7.87. The Labute approximate surface area is 216 Å². The quantitative estimate of drug-likeness (QED) is 0.539. The molecule has 1 saturated heterocycles. The van der Waals surface area contributed by atoms with Crippen molar-refractivity contribution in [3.05, 3.63) is 39.6 Å². The lowest BCUT2D eigenvalue weighted by Gasteiger charge is -2.41. The lowest BCUT2D eigenvalue weighted by Crippen LogP contribution is -2.38. The maximum Gasteiger partial charge on any atom is 0.226 e. The van der Waals surface area contributed by atoms with Crippen LogP contribution in [0.3, 0.4) is 0 Å². The predicted molar refractivity (Wildman–Crippen MR) is 142 cm³/mol. The van der Waals surface area contributed by atoms with Crippen molar-refractivity contribution in [2.75, 3.05) is 36.9 Å². The van der Waals surface area contributed by atoms with E-state index in [1.807, 2.05) is 19.3 Å². The lowest BCUT2D eigenvalue weighted by atomic mass is 9.61. The van der Waals surface area contributed by atoms with E-state index in [1.165, 1.54) is 10.4 Å². The number of aryl methyl sites for hydroxylation is 1. The molecule has 0 radical (unpaired) electrons. The summed E-state index contributed by atoms with van der Waals surface area (Å²) in [5, 5.41) is 22.5. The fourth-order valence-corrected chi connectivity index (χ4v) is 7.91. The molecule has 3 aromatic heterocycles. The molecule has 4 heterocycles. The maximum absolute atomic E-state index is 10.1. The predicted octanol–water partition coefficient (Wildman–Crippen LogP) is 4.50. The first-order chi connectivity index (χ1) is 17.6. The molecule has 2 aliphatic carbocycles. The van der Waals surface area contributed by atoms with Gasteiger partial charge >= 0.3 is 0 Å². The van der Waals surface area contributed by atoms with Gasteiger partial charge in [-0.25, -0.2) is 9.97 Å². The fraction of sp³-hybridized carbons (Fsp3) is 0.556. The number of fused-ring (bicyclic) bond motifs is 4. The minimum absolute atomic E-state index is 0.302. The van der Waals surface area contributed by atoms with Crippen LogP contribution in [-0.4, -0.2) is 47.8 Å². The number of nitriles is 1. The van der Waals surface area contributed by atoms with Crippen LogP contribution in [0.15, 0.2) is 16.8 Å². The molecule has 3 aliphatic rings. The van der Waals surface area contributed by atoms with Crippen LogP contribution in [0.25, 0.3) is 11.4 Å². The SMILES string of the molecule is CNc1sc2c(c1C#N)C1(CCC2)CC(C)Cc2c(-c3ccnc(N4CCCNC[C@@H]4C)n3)noc21. The Morgan fingerprint density at radius 3 is 3.06 bits per heavy atom. The second-order valence-corrected chi connectivity index (χ2v) is 11.7. The van der Waals surface area contributed by atoms with Crippen molar-refractivity contribution in [2.45, 2.75) is 63.8 Å². The van der Waals surface area contributed by atoms with Crippen molar-refractivity contribution in [1.82, 2.24) is 20.4 Å². The zero-order valence-corrected chi connectivity index (χ0v) is 22.0. The van der Waals surface area contributed by atoms with E-state index in [2.05, 4.69) is 45.6 Å². The van der Waals surface area contributed by atoms with Crippen molar-refractivity contribution in [3.8, 4) is 17.5 Å². The molecule has 1 fully saturated rings. The van der Waals surface area contributed by atoms with Crippen LogP contribution >= 0.6 is 11.3 Å². The topological polar surface area (TPSA) is 103 Å². The molecular formula is C27H33N7OS. The van der Waals surface area contributed by atoms with Crippen LogP contribution in [0.2, 0.25) is 0 Å². The first-order valence-corrected chi connectivity index (χ1v) is 13.9. The van der Waals surface area contributed by atoms with E-state index in [4.69, 9.17) is 9.51 Å². The number of rotatable bonds is 3. The van der Waals surface area contributed by atoms with E-state index in [0.29, 0.717) is 12.0 Å². The van der Waals surface area contributed by atoms with E-state index < -0.39 is 0 Å². The normalized spacial score (nSPS) is 25.7. The largest absolute Gasteiger partial charge is 0.379 e. The van der Waals surface area contributed by atoms with Gasteiger partial charge in [0.2, 0.25) is 5.95 Å². The second kappa shape index (κ2) is 9.16. The van der Waals surface area contributed by atoms with Crippen LogP contribution in [0.4, 0.5) is 10.9 Å². The summed E-state index contributed by atoms with van der Waals surface area (Å²) >= 11 is 1.73. The highest BCUT2D eigenvalue weighted by Gasteiger charge is 2.50. The molecule has 0 bridgehead atoms. The molecule has 2 unspecified atom stereocenters. The molecule has 6 rings (SSSR count). The highest BCUT2D eigenvalue weighted by atomic mass is 32.1. The molecular weight excluding hydrogens is 470 g/mol. The zero-order valence-electron chi connectivity index (χ0n) is 21.2. The molecule has 36 heavy (non-hydrogen) atoms. The fourth-order valence-electron chi connectivity index (χ4n) is 6.67. The Bertz CT molecular complexity index is 1320. The standard InChI is InChI=1S/C27H33N7OS/c1-16-12-18-23(20-7-10-31-26(32-20)34-11-5-9-30-15-17(34)2)33-35-24(18)27(13-16)8-4-6-21-22(27)19(14-28)25(29-3)36-21/h7,10,16-17,29-30H,4-6,8-9,11-13,15H2,1-3H3/t16?,17-,27?/m0/s1. The summed E-state index contributed by atoms with van der Waals surface area (Å²) in [6, 6.07) is 4.79. The van der Waals surface area contributed by atoms with Gasteiger partial charge in [-0.3, -0.25) is 0 Å². The third-order valence-corrected chi connectivity index (χ3v) is 9.41. The lowest BCUT2D eigenvalue weighted by molar-refractivity contribution is 0.236. The van der Waals surface area contributed by atoms with Gasteiger partial charge in [-0.2, -0.15) is 5.26 Å². The Hall–Kier alpha value is -2.96. The minimum atomic E-state index is -0.302. The summed E-state index contributed by atoms with van der Waals surface area (Å²) in [5.74, 6) is 2.15. The van der Waals surface area contributed by atoms with Gasteiger partial charge in [-0.1, -0.05) is 12.1 Å². The highest BCUT2D eigenvalue weighted by Crippen LogP contribution is 2.56. The van der Waals surface area contributed by atoms with E-state index in [1.54, 1.807) is 11.3 Å². The van der Waals surface area contributed by atoms with Crippen LogP contribution < -0.4 is 15.5 Å². The van der Waals surface area contributed by atoms with Gasteiger partial charge in [-0.15, -0.1) is 11.3 Å². The first kappa shape index (κ1) is 23.4. The van der Waals surface area contributed by atoms with Crippen LogP contribution in [0.1, 0.15) is 66.9 Å². The van der Waals surface area contributed by atoms with Crippen LogP contribution in [-0.2, 0) is 18.3 Å². The number of thiophene rings is 1. The third kappa shape index (κ3) is 3.61. The number of hydrogen-bond acceptors (Lipinski definition) is 9. The van der Waals surface area contributed by atoms with Crippen molar-refractivity contribution in [3.63, 3.8) is 0 Å². The molecule has 1 aliphatic heterocycles. The maximum atomic E-state index is 10.1. The molecule has 0 aromatic carbocycles. The molecule has 0 amide bonds. The molecule has 8 nitrogen and oxygen atoms in total. The third-order valence-electron chi connectivity index (χ3n) is 8.15. The second-order valence-electron chi connectivity index (χ2n) is 10.6. The van der Waals surface area contributed by atoms with Crippen molar-refractivity contribution in [2.24, 2.45) is 5.92 Å².